The average molecular weight is 288 g/mol. The maximum absolute atomic E-state index is 13.4. The summed E-state index contributed by atoms with van der Waals surface area (Å²) in [7, 11) is -4.02. The number of rotatable bonds is 4. The van der Waals surface area contributed by atoms with Gasteiger partial charge >= 0.3 is 0 Å². The van der Waals surface area contributed by atoms with Crippen LogP contribution < -0.4 is 4.72 Å². The highest BCUT2D eigenvalue weighted by Crippen LogP contribution is 2.27. The summed E-state index contributed by atoms with van der Waals surface area (Å²) >= 11 is 0. The second kappa shape index (κ2) is 5.52. The summed E-state index contributed by atoms with van der Waals surface area (Å²) in [6.07, 6.45) is 5.11. The minimum atomic E-state index is -4.02. The number of hydrogen-bond acceptors (Lipinski definition) is 4. The lowest BCUT2D eigenvalue weighted by Crippen LogP contribution is -2.44. The Morgan fingerprint density at radius 3 is 2.68 bits per heavy atom. The Bertz CT molecular complexity index is 542. The van der Waals surface area contributed by atoms with E-state index in [1.54, 1.807) is 0 Å². The Balaban J connectivity index is 2.08. The fraction of sp³-hybridized carbons (Fsp3) is 0.583. The molecule has 0 aliphatic heterocycles. The first kappa shape index (κ1) is 14.4. The topological polar surface area (TPSA) is 79.3 Å². The fourth-order valence-electron chi connectivity index (χ4n) is 2.25. The van der Waals surface area contributed by atoms with Crippen molar-refractivity contribution in [2.24, 2.45) is 0 Å². The fourth-order valence-corrected chi connectivity index (χ4v) is 3.37. The van der Waals surface area contributed by atoms with E-state index in [0.29, 0.717) is 12.8 Å². The second-order valence-corrected chi connectivity index (χ2v) is 6.58. The highest BCUT2D eigenvalue weighted by Gasteiger charge is 2.31. The zero-order chi connectivity index (χ0) is 13.9. The first-order valence-corrected chi connectivity index (χ1v) is 7.74. The molecule has 0 aromatic carbocycles. The summed E-state index contributed by atoms with van der Waals surface area (Å²) in [5.41, 5.74) is -1.03. The SMILES string of the molecule is O=S(=O)(NCC1(O)CCCCC1)c1ncccc1F. The van der Waals surface area contributed by atoms with Crippen molar-refractivity contribution in [2.75, 3.05) is 6.54 Å². The molecule has 0 saturated heterocycles. The Labute approximate surface area is 111 Å². The van der Waals surface area contributed by atoms with Crippen LogP contribution in [0.5, 0.6) is 0 Å². The molecule has 0 unspecified atom stereocenters. The highest BCUT2D eigenvalue weighted by molar-refractivity contribution is 7.89. The molecule has 0 bridgehead atoms. The number of aromatic nitrogens is 1. The molecule has 0 atom stereocenters. The summed E-state index contributed by atoms with van der Waals surface area (Å²) in [5, 5.41) is 9.58. The monoisotopic (exact) mass is 288 g/mol. The minimum Gasteiger partial charge on any atom is -0.389 e. The molecule has 7 heteroatoms. The predicted molar refractivity (Wildman–Crippen MR) is 67.4 cm³/mol. The van der Waals surface area contributed by atoms with Gasteiger partial charge in [0.05, 0.1) is 5.60 Å². The Kier molecular flexibility index (Phi) is 4.17. The van der Waals surface area contributed by atoms with E-state index >= 15 is 0 Å². The number of pyridine rings is 1. The van der Waals surface area contributed by atoms with Crippen LogP contribution in [-0.2, 0) is 10.0 Å². The zero-order valence-electron chi connectivity index (χ0n) is 10.5. The van der Waals surface area contributed by atoms with E-state index in [2.05, 4.69) is 9.71 Å². The molecular formula is C12H17FN2O3S. The third-order valence-corrected chi connectivity index (χ3v) is 4.69. The van der Waals surface area contributed by atoms with Crippen molar-refractivity contribution in [2.45, 2.75) is 42.7 Å². The number of aliphatic hydroxyl groups is 1. The van der Waals surface area contributed by atoms with Gasteiger partial charge in [0.15, 0.2) is 5.82 Å². The molecule has 5 nitrogen and oxygen atoms in total. The van der Waals surface area contributed by atoms with Gasteiger partial charge < -0.3 is 5.11 Å². The van der Waals surface area contributed by atoms with Crippen LogP contribution in [0.2, 0.25) is 0 Å². The summed E-state index contributed by atoms with van der Waals surface area (Å²) < 4.78 is 39.5. The molecule has 1 aromatic rings. The van der Waals surface area contributed by atoms with Crippen molar-refractivity contribution in [3.05, 3.63) is 24.1 Å². The van der Waals surface area contributed by atoms with E-state index in [-0.39, 0.29) is 6.54 Å². The largest absolute Gasteiger partial charge is 0.389 e. The molecule has 1 fully saturated rings. The Hall–Kier alpha value is -1.05. The molecule has 1 aromatic heterocycles. The number of nitrogens with one attached hydrogen (secondary N) is 1. The van der Waals surface area contributed by atoms with Crippen molar-refractivity contribution in [3.8, 4) is 0 Å². The summed E-state index contributed by atoms with van der Waals surface area (Å²) in [6.45, 7) is -0.106. The average Bonchev–Trinajstić information content (AvgIpc) is 2.38. The van der Waals surface area contributed by atoms with Gasteiger partial charge in [-0.3, -0.25) is 0 Å². The van der Waals surface area contributed by atoms with Crippen LogP contribution in [0.4, 0.5) is 4.39 Å². The van der Waals surface area contributed by atoms with E-state index in [1.165, 1.54) is 12.3 Å². The lowest BCUT2D eigenvalue weighted by molar-refractivity contribution is 0.00943. The molecule has 1 aliphatic rings. The molecule has 2 rings (SSSR count). The number of nitrogens with zero attached hydrogens (tertiary/aromatic N) is 1. The molecule has 0 amide bonds. The van der Waals surface area contributed by atoms with E-state index < -0.39 is 26.5 Å². The van der Waals surface area contributed by atoms with Crippen LogP contribution in [0.25, 0.3) is 0 Å². The van der Waals surface area contributed by atoms with Crippen LogP contribution >= 0.6 is 0 Å². The Morgan fingerprint density at radius 2 is 2.05 bits per heavy atom. The van der Waals surface area contributed by atoms with Crippen molar-refractivity contribution >= 4 is 10.0 Å². The van der Waals surface area contributed by atoms with Gasteiger partial charge in [0.25, 0.3) is 10.0 Å². The van der Waals surface area contributed by atoms with Gasteiger partial charge in [-0.05, 0) is 25.0 Å². The predicted octanol–water partition coefficient (Wildman–Crippen LogP) is 1.19. The standard InChI is InChI=1S/C12H17FN2O3S/c13-10-5-4-8-14-11(10)19(17,18)15-9-12(16)6-2-1-3-7-12/h4-5,8,15-16H,1-3,6-7,9H2. The van der Waals surface area contributed by atoms with Crippen LogP contribution in [0, 0.1) is 5.82 Å². The van der Waals surface area contributed by atoms with Crippen LogP contribution in [-0.4, -0.2) is 30.7 Å². The van der Waals surface area contributed by atoms with Crippen molar-refractivity contribution in [1.82, 2.24) is 9.71 Å². The zero-order valence-corrected chi connectivity index (χ0v) is 11.3. The third-order valence-electron chi connectivity index (χ3n) is 3.35. The van der Waals surface area contributed by atoms with Crippen molar-refractivity contribution in [3.63, 3.8) is 0 Å². The van der Waals surface area contributed by atoms with Crippen LogP contribution in [0.1, 0.15) is 32.1 Å². The maximum atomic E-state index is 13.4. The molecule has 1 heterocycles. The van der Waals surface area contributed by atoms with Crippen LogP contribution in [0.3, 0.4) is 0 Å². The molecule has 106 valence electrons. The second-order valence-electron chi connectivity index (χ2n) is 4.90. The lowest BCUT2D eigenvalue weighted by atomic mass is 9.85. The van der Waals surface area contributed by atoms with E-state index in [9.17, 15) is 17.9 Å². The normalized spacial score (nSPS) is 19.3. The smallest absolute Gasteiger partial charge is 0.261 e. The quantitative estimate of drug-likeness (QED) is 0.872. The van der Waals surface area contributed by atoms with Gasteiger partial charge in [0.2, 0.25) is 5.03 Å². The summed E-state index contributed by atoms with van der Waals surface area (Å²) in [6, 6.07) is 2.36. The molecular weight excluding hydrogens is 271 g/mol. The maximum Gasteiger partial charge on any atom is 0.261 e. The van der Waals surface area contributed by atoms with E-state index in [1.807, 2.05) is 0 Å². The first-order valence-electron chi connectivity index (χ1n) is 6.26. The number of hydrogen-bond donors (Lipinski definition) is 2. The van der Waals surface area contributed by atoms with E-state index in [4.69, 9.17) is 0 Å². The minimum absolute atomic E-state index is 0.106. The lowest BCUT2D eigenvalue weighted by Gasteiger charge is -2.31. The van der Waals surface area contributed by atoms with Gasteiger partial charge in [-0.1, -0.05) is 19.3 Å². The number of sulfonamides is 1. The molecule has 1 aliphatic carbocycles. The van der Waals surface area contributed by atoms with E-state index in [0.717, 1.165) is 25.3 Å². The van der Waals surface area contributed by atoms with Crippen molar-refractivity contribution in [1.29, 1.82) is 0 Å². The molecule has 2 N–H and O–H groups in total. The third kappa shape index (κ3) is 3.49. The van der Waals surface area contributed by atoms with Gasteiger partial charge in [-0.2, -0.15) is 0 Å². The van der Waals surface area contributed by atoms with Gasteiger partial charge in [-0.15, -0.1) is 0 Å². The highest BCUT2D eigenvalue weighted by atomic mass is 32.2. The molecule has 19 heavy (non-hydrogen) atoms. The summed E-state index contributed by atoms with van der Waals surface area (Å²) in [4.78, 5) is 3.53. The number of halogens is 1. The van der Waals surface area contributed by atoms with Crippen molar-refractivity contribution < 1.29 is 17.9 Å². The van der Waals surface area contributed by atoms with Crippen LogP contribution in [0.15, 0.2) is 23.4 Å². The van der Waals surface area contributed by atoms with Gasteiger partial charge in [-0.25, -0.2) is 22.5 Å². The van der Waals surface area contributed by atoms with Gasteiger partial charge in [0.1, 0.15) is 0 Å². The Morgan fingerprint density at radius 1 is 1.37 bits per heavy atom. The molecule has 0 spiro atoms. The first-order chi connectivity index (χ1) is 8.93. The molecule has 1 saturated carbocycles. The molecule has 0 radical (unpaired) electrons. The van der Waals surface area contributed by atoms with Gasteiger partial charge in [0, 0.05) is 12.7 Å². The summed E-state index contributed by atoms with van der Waals surface area (Å²) in [5.74, 6) is -0.898.